The molecule has 1 nitrogen and oxygen atoms in total. The molecule has 0 amide bonds. The molecule has 0 aliphatic rings. The smallest absolute Gasteiger partial charge is 0.00900 e. The number of aryl methyl sites for hydroxylation is 1. The standard InChI is InChI=1S/C19H25N/c1-3-18(20)12-13-19(16-9-5-4-6-10-16)17-11-7-8-15(2)14-17/h4-11,14,18-19H,3,12-13,20H2,1-2H3/t18-,19?/m1/s1. The van der Waals surface area contributed by atoms with Gasteiger partial charge in [-0.3, -0.25) is 0 Å². The molecule has 0 bridgehead atoms. The number of hydrogen-bond donors (Lipinski definition) is 1. The first-order valence-corrected chi connectivity index (χ1v) is 7.57. The number of benzene rings is 2. The van der Waals surface area contributed by atoms with E-state index in [9.17, 15) is 0 Å². The van der Waals surface area contributed by atoms with E-state index in [2.05, 4.69) is 68.4 Å². The van der Waals surface area contributed by atoms with Crippen molar-refractivity contribution < 1.29 is 0 Å². The summed E-state index contributed by atoms with van der Waals surface area (Å²) in [5.41, 5.74) is 10.2. The van der Waals surface area contributed by atoms with Gasteiger partial charge in [-0.05, 0) is 37.3 Å². The number of hydrogen-bond acceptors (Lipinski definition) is 1. The highest BCUT2D eigenvalue weighted by Crippen LogP contribution is 2.30. The van der Waals surface area contributed by atoms with Crippen LogP contribution in [0.25, 0.3) is 0 Å². The van der Waals surface area contributed by atoms with Gasteiger partial charge in [0.2, 0.25) is 0 Å². The van der Waals surface area contributed by atoms with Crippen LogP contribution in [0.2, 0.25) is 0 Å². The summed E-state index contributed by atoms with van der Waals surface area (Å²) >= 11 is 0. The lowest BCUT2D eigenvalue weighted by Gasteiger charge is -2.20. The van der Waals surface area contributed by atoms with Crippen molar-refractivity contribution in [2.45, 2.75) is 45.1 Å². The molecule has 0 saturated carbocycles. The summed E-state index contributed by atoms with van der Waals surface area (Å²) in [6, 6.07) is 19.9. The van der Waals surface area contributed by atoms with Gasteiger partial charge in [-0.1, -0.05) is 67.1 Å². The topological polar surface area (TPSA) is 26.0 Å². The zero-order chi connectivity index (χ0) is 14.4. The predicted octanol–water partition coefficient (Wildman–Crippen LogP) is 4.64. The summed E-state index contributed by atoms with van der Waals surface area (Å²) in [5.74, 6) is 0.452. The Morgan fingerprint density at radius 3 is 2.25 bits per heavy atom. The maximum Gasteiger partial charge on any atom is 0.00900 e. The van der Waals surface area contributed by atoms with Crippen molar-refractivity contribution in [2.24, 2.45) is 5.73 Å². The minimum absolute atomic E-state index is 0.311. The van der Waals surface area contributed by atoms with Crippen LogP contribution in [0.15, 0.2) is 54.6 Å². The van der Waals surface area contributed by atoms with Gasteiger partial charge in [0, 0.05) is 12.0 Å². The Hall–Kier alpha value is -1.60. The molecule has 2 aromatic rings. The number of rotatable bonds is 6. The molecule has 2 rings (SSSR count). The van der Waals surface area contributed by atoms with E-state index in [1.807, 2.05) is 0 Å². The molecular weight excluding hydrogens is 242 g/mol. The maximum absolute atomic E-state index is 6.11. The molecule has 0 saturated heterocycles. The summed E-state index contributed by atoms with van der Waals surface area (Å²) in [6.07, 6.45) is 3.24. The Morgan fingerprint density at radius 1 is 0.900 bits per heavy atom. The minimum Gasteiger partial charge on any atom is -0.328 e. The third-order valence-electron chi connectivity index (χ3n) is 4.00. The van der Waals surface area contributed by atoms with E-state index in [0.29, 0.717) is 12.0 Å². The Morgan fingerprint density at radius 2 is 1.60 bits per heavy atom. The van der Waals surface area contributed by atoms with Gasteiger partial charge >= 0.3 is 0 Å². The molecule has 0 aliphatic carbocycles. The van der Waals surface area contributed by atoms with Crippen LogP contribution in [-0.4, -0.2) is 6.04 Å². The van der Waals surface area contributed by atoms with Gasteiger partial charge in [0.1, 0.15) is 0 Å². The molecule has 0 fully saturated rings. The van der Waals surface area contributed by atoms with E-state index in [-0.39, 0.29) is 0 Å². The second-order valence-corrected chi connectivity index (χ2v) is 5.62. The monoisotopic (exact) mass is 267 g/mol. The van der Waals surface area contributed by atoms with Crippen LogP contribution in [0.5, 0.6) is 0 Å². The second-order valence-electron chi connectivity index (χ2n) is 5.62. The van der Waals surface area contributed by atoms with E-state index < -0.39 is 0 Å². The van der Waals surface area contributed by atoms with E-state index in [4.69, 9.17) is 5.73 Å². The summed E-state index contributed by atoms with van der Waals surface area (Å²) < 4.78 is 0. The Labute approximate surface area is 122 Å². The first kappa shape index (κ1) is 14.8. The molecule has 1 unspecified atom stereocenters. The van der Waals surface area contributed by atoms with Gasteiger partial charge in [0.05, 0.1) is 0 Å². The lowest BCUT2D eigenvalue weighted by Crippen LogP contribution is -2.19. The zero-order valence-electron chi connectivity index (χ0n) is 12.5. The Bertz CT molecular complexity index is 518. The summed E-state index contributed by atoms with van der Waals surface area (Å²) in [7, 11) is 0. The third kappa shape index (κ3) is 3.94. The Kier molecular flexibility index (Phi) is 5.37. The van der Waals surface area contributed by atoms with Crippen LogP contribution in [-0.2, 0) is 0 Å². The molecule has 0 aliphatic heterocycles. The highest BCUT2D eigenvalue weighted by molar-refractivity contribution is 5.34. The van der Waals surface area contributed by atoms with Crippen LogP contribution in [0.4, 0.5) is 0 Å². The van der Waals surface area contributed by atoms with Crippen molar-refractivity contribution in [2.75, 3.05) is 0 Å². The van der Waals surface area contributed by atoms with Gasteiger partial charge in [-0.15, -0.1) is 0 Å². The Balaban J connectivity index is 2.24. The minimum atomic E-state index is 0.311. The van der Waals surface area contributed by atoms with Crippen LogP contribution < -0.4 is 5.73 Å². The molecular formula is C19H25N. The van der Waals surface area contributed by atoms with E-state index >= 15 is 0 Å². The van der Waals surface area contributed by atoms with Crippen LogP contribution in [0, 0.1) is 6.92 Å². The fraction of sp³-hybridized carbons (Fsp3) is 0.368. The van der Waals surface area contributed by atoms with E-state index in [1.54, 1.807) is 0 Å². The molecule has 2 aromatic carbocycles. The molecule has 0 aromatic heterocycles. The SMILES string of the molecule is CC[C@@H](N)CCC(c1ccccc1)c1cccc(C)c1. The van der Waals surface area contributed by atoms with Gasteiger partial charge in [-0.2, -0.15) is 0 Å². The highest BCUT2D eigenvalue weighted by Gasteiger charge is 2.15. The van der Waals surface area contributed by atoms with Crippen molar-refractivity contribution in [3.05, 3.63) is 71.3 Å². The molecule has 2 N–H and O–H groups in total. The predicted molar refractivity (Wildman–Crippen MR) is 87.0 cm³/mol. The van der Waals surface area contributed by atoms with Crippen LogP contribution >= 0.6 is 0 Å². The largest absolute Gasteiger partial charge is 0.328 e. The fourth-order valence-electron chi connectivity index (χ4n) is 2.68. The number of nitrogens with two attached hydrogens (primary N) is 1. The normalized spacial score (nSPS) is 13.9. The van der Waals surface area contributed by atoms with Crippen molar-refractivity contribution in [1.29, 1.82) is 0 Å². The summed E-state index contributed by atoms with van der Waals surface area (Å²) in [5, 5.41) is 0. The van der Waals surface area contributed by atoms with Crippen molar-refractivity contribution in [1.82, 2.24) is 0 Å². The average molecular weight is 267 g/mol. The quantitative estimate of drug-likeness (QED) is 0.810. The zero-order valence-corrected chi connectivity index (χ0v) is 12.5. The molecule has 20 heavy (non-hydrogen) atoms. The third-order valence-corrected chi connectivity index (χ3v) is 4.00. The van der Waals surface area contributed by atoms with Crippen molar-refractivity contribution >= 4 is 0 Å². The van der Waals surface area contributed by atoms with Crippen molar-refractivity contribution in [3.8, 4) is 0 Å². The fourth-order valence-corrected chi connectivity index (χ4v) is 2.68. The summed E-state index contributed by atoms with van der Waals surface area (Å²) in [6.45, 7) is 4.32. The summed E-state index contributed by atoms with van der Waals surface area (Å²) in [4.78, 5) is 0. The molecule has 106 valence electrons. The van der Waals surface area contributed by atoms with Crippen molar-refractivity contribution in [3.63, 3.8) is 0 Å². The van der Waals surface area contributed by atoms with Gasteiger partial charge in [-0.25, -0.2) is 0 Å². The lowest BCUT2D eigenvalue weighted by molar-refractivity contribution is 0.542. The highest BCUT2D eigenvalue weighted by atomic mass is 14.6. The molecule has 2 atom stereocenters. The maximum atomic E-state index is 6.11. The van der Waals surface area contributed by atoms with Crippen LogP contribution in [0.1, 0.15) is 48.8 Å². The van der Waals surface area contributed by atoms with Gasteiger partial charge in [0.25, 0.3) is 0 Å². The average Bonchev–Trinajstić information content (AvgIpc) is 2.48. The molecule has 1 heteroatoms. The van der Waals surface area contributed by atoms with Gasteiger partial charge < -0.3 is 5.73 Å². The molecule has 0 heterocycles. The van der Waals surface area contributed by atoms with E-state index in [1.165, 1.54) is 16.7 Å². The molecule has 0 radical (unpaired) electrons. The first-order chi connectivity index (χ1) is 9.70. The second kappa shape index (κ2) is 7.25. The van der Waals surface area contributed by atoms with Crippen LogP contribution in [0.3, 0.4) is 0 Å². The lowest BCUT2D eigenvalue weighted by atomic mass is 9.85. The van der Waals surface area contributed by atoms with Gasteiger partial charge in [0.15, 0.2) is 0 Å². The molecule has 0 spiro atoms. The first-order valence-electron chi connectivity index (χ1n) is 7.57. The van der Waals surface area contributed by atoms with E-state index in [0.717, 1.165) is 19.3 Å².